The third-order valence-electron chi connectivity index (χ3n) is 4.24. The highest BCUT2D eigenvalue weighted by Crippen LogP contribution is 2.19. The summed E-state index contributed by atoms with van der Waals surface area (Å²) >= 11 is 0. The van der Waals surface area contributed by atoms with Gasteiger partial charge in [-0.05, 0) is 19.9 Å². The van der Waals surface area contributed by atoms with Crippen LogP contribution in [0, 0.1) is 13.8 Å². The summed E-state index contributed by atoms with van der Waals surface area (Å²) in [6.07, 6.45) is 0. The Labute approximate surface area is 167 Å². The lowest BCUT2D eigenvalue weighted by Gasteiger charge is -2.08. The maximum atomic E-state index is 12.4. The summed E-state index contributed by atoms with van der Waals surface area (Å²) in [5, 5.41) is 19.3. The molecule has 0 atom stereocenters. The highest BCUT2D eigenvalue weighted by molar-refractivity contribution is 7.89. The Kier molecular flexibility index (Phi) is 4.99. The lowest BCUT2D eigenvalue weighted by molar-refractivity contribution is 0.306. The maximum Gasteiger partial charge on any atom is 0.244 e. The molecule has 29 heavy (non-hydrogen) atoms. The minimum Gasteiger partial charge on any atom is -0.475 e. The fourth-order valence-corrected chi connectivity index (χ4v) is 4.34. The molecule has 0 aliphatic rings. The molecule has 0 unspecified atom stereocenters. The third kappa shape index (κ3) is 3.82. The van der Waals surface area contributed by atoms with Gasteiger partial charge in [0.05, 0.1) is 11.4 Å². The number of aromatic amines is 1. The lowest BCUT2D eigenvalue weighted by atomic mass is 10.2. The zero-order valence-corrected chi connectivity index (χ0v) is 16.6. The predicted octanol–water partition coefficient (Wildman–Crippen LogP) is 1.49. The first-order valence-corrected chi connectivity index (χ1v) is 10.4. The van der Waals surface area contributed by atoms with Crippen molar-refractivity contribution >= 4 is 15.7 Å². The molecule has 3 aromatic heterocycles. The number of fused-ring (bicyclic) bond motifs is 1. The van der Waals surface area contributed by atoms with Gasteiger partial charge in [0, 0.05) is 18.2 Å². The van der Waals surface area contributed by atoms with Crippen molar-refractivity contribution in [2.45, 2.75) is 18.7 Å². The Morgan fingerprint density at radius 1 is 1.10 bits per heavy atom. The number of sulfonamides is 1. The van der Waals surface area contributed by atoms with Gasteiger partial charge in [-0.15, -0.1) is 15.3 Å². The Hall–Kier alpha value is -3.31. The first-order chi connectivity index (χ1) is 14.0. The molecule has 0 fully saturated rings. The number of hydrogen-bond acceptors (Lipinski definition) is 7. The van der Waals surface area contributed by atoms with Crippen LogP contribution in [0.3, 0.4) is 0 Å². The molecule has 10 nitrogen and oxygen atoms in total. The molecule has 0 spiro atoms. The average Bonchev–Trinajstić information content (AvgIpc) is 3.28. The van der Waals surface area contributed by atoms with Crippen molar-refractivity contribution in [3.63, 3.8) is 0 Å². The van der Waals surface area contributed by atoms with E-state index >= 15 is 0 Å². The van der Waals surface area contributed by atoms with Crippen molar-refractivity contribution in [2.75, 3.05) is 13.2 Å². The van der Waals surface area contributed by atoms with Gasteiger partial charge in [0.1, 0.15) is 11.5 Å². The van der Waals surface area contributed by atoms with Crippen LogP contribution in [0.5, 0.6) is 5.88 Å². The molecule has 0 bridgehead atoms. The second-order valence-corrected chi connectivity index (χ2v) is 8.04. The molecule has 4 rings (SSSR count). The van der Waals surface area contributed by atoms with Gasteiger partial charge in [-0.2, -0.15) is 9.61 Å². The van der Waals surface area contributed by atoms with Crippen LogP contribution in [-0.2, 0) is 10.0 Å². The van der Waals surface area contributed by atoms with Crippen LogP contribution in [0.1, 0.15) is 11.4 Å². The van der Waals surface area contributed by atoms with Crippen LogP contribution in [-0.4, -0.2) is 51.6 Å². The third-order valence-corrected chi connectivity index (χ3v) is 5.97. The van der Waals surface area contributed by atoms with Gasteiger partial charge in [0.2, 0.25) is 15.9 Å². The molecular weight excluding hydrogens is 394 g/mol. The van der Waals surface area contributed by atoms with Crippen LogP contribution in [0.25, 0.3) is 17.0 Å². The zero-order chi connectivity index (χ0) is 20.4. The molecule has 0 saturated heterocycles. The predicted molar refractivity (Wildman–Crippen MR) is 105 cm³/mol. The SMILES string of the molecule is Cc1n[nH]c(C)c1S(=O)(=O)NCCOc1ccc2nnc(-c3ccccc3)n2n1. The van der Waals surface area contributed by atoms with Crippen LogP contribution < -0.4 is 9.46 Å². The monoisotopic (exact) mass is 413 g/mol. The highest BCUT2D eigenvalue weighted by Gasteiger charge is 2.21. The van der Waals surface area contributed by atoms with E-state index in [2.05, 4.69) is 30.2 Å². The zero-order valence-electron chi connectivity index (χ0n) is 15.8. The summed E-state index contributed by atoms with van der Waals surface area (Å²) < 4.78 is 34.6. The average molecular weight is 413 g/mol. The van der Waals surface area contributed by atoms with Gasteiger partial charge in [0.15, 0.2) is 11.5 Å². The van der Waals surface area contributed by atoms with E-state index < -0.39 is 10.0 Å². The Balaban J connectivity index is 1.44. The van der Waals surface area contributed by atoms with E-state index in [1.165, 1.54) is 0 Å². The number of ether oxygens (including phenoxy) is 1. The van der Waals surface area contributed by atoms with Crippen LogP contribution >= 0.6 is 0 Å². The summed E-state index contributed by atoms with van der Waals surface area (Å²) in [5.41, 5.74) is 2.37. The van der Waals surface area contributed by atoms with Gasteiger partial charge in [0.25, 0.3) is 0 Å². The molecule has 11 heteroatoms. The Morgan fingerprint density at radius 2 is 1.90 bits per heavy atom. The first kappa shape index (κ1) is 19.0. The number of rotatable bonds is 7. The fourth-order valence-electron chi connectivity index (χ4n) is 2.96. The van der Waals surface area contributed by atoms with Crippen molar-refractivity contribution in [1.29, 1.82) is 0 Å². The smallest absolute Gasteiger partial charge is 0.244 e. The summed E-state index contributed by atoms with van der Waals surface area (Å²) in [7, 11) is -3.67. The Bertz CT molecular complexity index is 1230. The number of benzene rings is 1. The van der Waals surface area contributed by atoms with E-state index in [-0.39, 0.29) is 18.0 Å². The fraction of sp³-hybridized carbons (Fsp3) is 0.222. The van der Waals surface area contributed by atoms with Crippen LogP contribution in [0.15, 0.2) is 47.4 Å². The van der Waals surface area contributed by atoms with Crippen LogP contribution in [0.2, 0.25) is 0 Å². The van der Waals surface area contributed by atoms with Gasteiger partial charge in [-0.1, -0.05) is 30.3 Å². The van der Waals surface area contributed by atoms with Crippen molar-refractivity contribution in [2.24, 2.45) is 0 Å². The topological polar surface area (TPSA) is 127 Å². The molecular formula is C18H19N7O3S. The van der Waals surface area contributed by atoms with E-state index in [1.807, 2.05) is 30.3 Å². The Morgan fingerprint density at radius 3 is 2.62 bits per heavy atom. The minimum atomic E-state index is -3.67. The van der Waals surface area contributed by atoms with E-state index in [0.29, 0.717) is 28.7 Å². The van der Waals surface area contributed by atoms with Crippen molar-refractivity contribution in [3.05, 3.63) is 53.9 Å². The molecule has 0 amide bonds. The molecule has 150 valence electrons. The number of nitrogens with zero attached hydrogens (tertiary/aromatic N) is 5. The van der Waals surface area contributed by atoms with Gasteiger partial charge < -0.3 is 4.74 Å². The molecule has 0 aliphatic heterocycles. The standard InChI is InChI=1S/C18H19N7O3S/c1-12-17(13(2)21-20-12)29(26,27)19-10-11-28-16-9-8-15-22-23-18(25(15)24-16)14-6-4-3-5-7-14/h3-9,19H,10-11H2,1-2H3,(H,20,21). The summed E-state index contributed by atoms with van der Waals surface area (Å²) in [5.74, 6) is 0.932. The summed E-state index contributed by atoms with van der Waals surface area (Å²) in [6.45, 7) is 3.49. The lowest BCUT2D eigenvalue weighted by Crippen LogP contribution is -2.29. The van der Waals surface area contributed by atoms with Crippen LogP contribution in [0.4, 0.5) is 0 Å². The molecule has 3 heterocycles. The molecule has 0 aliphatic carbocycles. The first-order valence-electron chi connectivity index (χ1n) is 8.87. The number of aryl methyl sites for hydroxylation is 2. The number of hydrogen-bond donors (Lipinski definition) is 2. The number of H-pyrrole nitrogens is 1. The molecule has 2 N–H and O–H groups in total. The highest BCUT2D eigenvalue weighted by atomic mass is 32.2. The van der Waals surface area contributed by atoms with E-state index in [9.17, 15) is 8.42 Å². The maximum absolute atomic E-state index is 12.4. The summed E-state index contributed by atoms with van der Waals surface area (Å²) in [4.78, 5) is 0.161. The molecule has 4 aromatic rings. The van der Waals surface area contributed by atoms with Gasteiger partial charge in [-0.3, -0.25) is 5.10 Å². The van der Waals surface area contributed by atoms with Crippen molar-refractivity contribution in [1.82, 2.24) is 34.7 Å². The quantitative estimate of drug-likeness (QED) is 0.439. The van der Waals surface area contributed by atoms with E-state index in [1.54, 1.807) is 30.5 Å². The minimum absolute atomic E-state index is 0.0832. The van der Waals surface area contributed by atoms with E-state index in [0.717, 1.165) is 5.56 Å². The summed E-state index contributed by atoms with van der Waals surface area (Å²) in [6, 6.07) is 13.0. The largest absolute Gasteiger partial charge is 0.475 e. The van der Waals surface area contributed by atoms with Gasteiger partial charge >= 0.3 is 0 Å². The molecule has 0 saturated carbocycles. The number of aromatic nitrogens is 6. The van der Waals surface area contributed by atoms with E-state index in [4.69, 9.17) is 4.74 Å². The van der Waals surface area contributed by atoms with Gasteiger partial charge in [-0.25, -0.2) is 13.1 Å². The number of nitrogens with one attached hydrogen (secondary N) is 2. The second kappa shape index (κ2) is 7.60. The van der Waals surface area contributed by atoms with Crippen molar-refractivity contribution in [3.8, 4) is 17.3 Å². The molecule has 0 radical (unpaired) electrons. The normalized spacial score (nSPS) is 11.8. The van der Waals surface area contributed by atoms with Crippen molar-refractivity contribution < 1.29 is 13.2 Å². The molecule has 1 aromatic carbocycles. The second-order valence-electron chi connectivity index (χ2n) is 6.34.